The molecule has 4 rings (SSSR count). The number of benzene rings is 2. The van der Waals surface area contributed by atoms with Gasteiger partial charge in [-0.15, -0.1) is 0 Å². The summed E-state index contributed by atoms with van der Waals surface area (Å²) in [5.74, 6) is 2.02. The maximum atomic E-state index is 5.35. The number of hydrogen-bond acceptors (Lipinski definition) is 6. The van der Waals surface area contributed by atoms with Crippen molar-refractivity contribution in [2.45, 2.75) is 6.92 Å². The topological polar surface area (TPSA) is 74.2 Å². The molecule has 6 nitrogen and oxygen atoms in total. The van der Waals surface area contributed by atoms with Gasteiger partial charge in [-0.25, -0.2) is 0 Å². The van der Waals surface area contributed by atoms with E-state index in [0.717, 1.165) is 16.9 Å². The Bertz CT molecular complexity index is 985. The summed E-state index contributed by atoms with van der Waals surface area (Å²) in [5, 5.41) is 8.08. The van der Waals surface area contributed by atoms with Crippen molar-refractivity contribution < 1.29 is 13.8 Å². The van der Waals surface area contributed by atoms with Gasteiger partial charge in [0.25, 0.3) is 5.89 Å². The van der Waals surface area contributed by atoms with Gasteiger partial charge in [-0.1, -0.05) is 40.1 Å². The normalized spacial score (nSPS) is 10.8. The van der Waals surface area contributed by atoms with E-state index in [9.17, 15) is 0 Å². The number of nitrogens with zero attached hydrogens (tertiary/aromatic N) is 3. The van der Waals surface area contributed by atoms with Gasteiger partial charge in [0, 0.05) is 17.2 Å². The van der Waals surface area contributed by atoms with Gasteiger partial charge in [0.05, 0.1) is 7.11 Å². The predicted molar refractivity (Wildman–Crippen MR) is 92.0 cm³/mol. The molecule has 0 bridgehead atoms. The quantitative estimate of drug-likeness (QED) is 0.552. The van der Waals surface area contributed by atoms with E-state index in [0.29, 0.717) is 23.2 Å². The molecule has 0 saturated heterocycles. The molecule has 2 aromatic carbocycles. The molecule has 0 N–H and O–H groups in total. The predicted octanol–water partition coefficient (Wildman–Crippen LogP) is 4.38. The van der Waals surface area contributed by atoms with Crippen LogP contribution < -0.4 is 4.74 Å². The Morgan fingerprint density at radius 2 is 1.56 bits per heavy atom. The number of methoxy groups -OCH3 is 1. The summed E-state index contributed by atoms with van der Waals surface area (Å²) in [5.41, 5.74) is 3.66. The Labute approximate surface area is 144 Å². The third kappa shape index (κ3) is 3.01. The molecule has 4 aromatic rings. The van der Waals surface area contributed by atoms with Crippen LogP contribution in [0.1, 0.15) is 5.56 Å². The van der Waals surface area contributed by atoms with Crippen LogP contribution in [0, 0.1) is 6.92 Å². The van der Waals surface area contributed by atoms with Crippen molar-refractivity contribution in [1.82, 2.24) is 15.3 Å². The van der Waals surface area contributed by atoms with Crippen LogP contribution >= 0.6 is 0 Å². The summed E-state index contributed by atoms with van der Waals surface area (Å²) in [6, 6.07) is 17.2. The Kier molecular flexibility index (Phi) is 3.78. The van der Waals surface area contributed by atoms with Gasteiger partial charge < -0.3 is 13.8 Å². The molecule has 0 unspecified atom stereocenters. The molecule has 0 spiro atoms. The van der Waals surface area contributed by atoms with Crippen LogP contribution in [0.15, 0.2) is 63.6 Å². The highest BCUT2D eigenvalue weighted by atomic mass is 16.5. The molecule has 0 aliphatic heterocycles. The molecule has 0 atom stereocenters. The van der Waals surface area contributed by atoms with Crippen molar-refractivity contribution in [2.24, 2.45) is 0 Å². The molecule has 0 saturated carbocycles. The first-order valence-corrected chi connectivity index (χ1v) is 7.75. The molecular weight excluding hydrogens is 318 g/mol. The minimum atomic E-state index is 0.294. The molecule has 6 heteroatoms. The number of aromatic nitrogens is 3. The molecule has 0 amide bonds. The van der Waals surface area contributed by atoms with E-state index < -0.39 is 0 Å². The van der Waals surface area contributed by atoms with Crippen molar-refractivity contribution in [3.8, 4) is 40.0 Å². The van der Waals surface area contributed by atoms with Gasteiger partial charge in [0.2, 0.25) is 11.6 Å². The van der Waals surface area contributed by atoms with E-state index in [1.807, 2.05) is 55.5 Å². The van der Waals surface area contributed by atoms with Gasteiger partial charge in [-0.2, -0.15) is 4.98 Å². The third-order valence-corrected chi connectivity index (χ3v) is 3.84. The van der Waals surface area contributed by atoms with E-state index in [4.69, 9.17) is 13.8 Å². The van der Waals surface area contributed by atoms with Crippen LogP contribution in [-0.2, 0) is 0 Å². The highest BCUT2D eigenvalue weighted by molar-refractivity contribution is 5.65. The maximum Gasteiger partial charge on any atom is 0.296 e. The van der Waals surface area contributed by atoms with E-state index in [-0.39, 0.29) is 0 Å². The van der Waals surface area contributed by atoms with Gasteiger partial charge in [0.15, 0.2) is 0 Å². The SMILES string of the molecule is COc1ccc(-c2cc(-c3nc(-c4ccc(C)cc4)no3)on2)cc1. The molecule has 0 fully saturated rings. The van der Waals surface area contributed by atoms with Crippen LogP contribution in [0.3, 0.4) is 0 Å². The number of aryl methyl sites for hydroxylation is 1. The van der Waals surface area contributed by atoms with Gasteiger partial charge >= 0.3 is 0 Å². The van der Waals surface area contributed by atoms with Gasteiger partial charge in [-0.3, -0.25) is 0 Å². The first-order chi connectivity index (χ1) is 12.2. The van der Waals surface area contributed by atoms with E-state index in [1.54, 1.807) is 13.2 Å². The minimum Gasteiger partial charge on any atom is -0.497 e. The standard InChI is InChI=1S/C19H15N3O3/c1-12-3-5-14(6-4-12)18-20-19(25-22-18)17-11-16(21-24-17)13-7-9-15(23-2)10-8-13/h3-11H,1-2H3. The van der Waals surface area contributed by atoms with E-state index in [2.05, 4.69) is 15.3 Å². The highest BCUT2D eigenvalue weighted by Crippen LogP contribution is 2.27. The zero-order valence-electron chi connectivity index (χ0n) is 13.8. The zero-order valence-corrected chi connectivity index (χ0v) is 13.8. The summed E-state index contributed by atoms with van der Waals surface area (Å²) in [6.45, 7) is 2.03. The zero-order chi connectivity index (χ0) is 17.2. The van der Waals surface area contributed by atoms with Crippen molar-refractivity contribution >= 4 is 0 Å². The average Bonchev–Trinajstić information content (AvgIpc) is 3.32. The highest BCUT2D eigenvalue weighted by Gasteiger charge is 2.16. The Morgan fingerprint density at radius 3 is 2.28 bits per heavy atom. The molecule has 2 aromatic heterocycles. The maximum absolute atomic E-state index is 5.35. The second-order valence-corrected chi connectivity index (χ2v) is 5.59. The molecular formula is C19H15N3O3. The van der Waals surface area contributed by atoms with Crippen LogP contribution in [0.25, 0.3) is 34.3 Å². The van der Waals surface area contributed by atoms with Crippen molar-refractivity contribution in [2.75, 3.05) is 7.11 Å². The summed E-state index contributed by atoms with van der Waals surface area (Å²) < 4.78 is 15.8. The fraction of sp³-hybridized carbons (Fsp3) is 0.105. The fourth-order valence-electron chi connectivity index (χ4n) is 2.42. The van der Waals surface area contributed by atoms with Crippen LogP contribution in [-0.4, -0.2) is 22.4 Å². The van der Waals surface area contributed by atoms with E-state index >= 15 is 0 Å². The summed E-state index contributed by atoms with van der Waals surface area (Å²) >= 11 is 0. The van der Waals surface area contributed by atoms with Crippen molar-refractivity contribution in [1.29, 1.82) is 0 Å². The Hall–Kier alpha value is -3.41. The molecule has 0 aliphatic rings. The minimum absolute atomic E-state index is 0.294. The molecule has 25 heavy (non-hydrogen) atoms. The lowest BCUT2D eigenvalue weighted by Crippen LogP contribution is -1.82. The lowest BCUT2D eigenvalue weighted by atomic mass is 10.1. The number of rotatable bonds is 4. The van der Waals surface area contributed by atoms with E-state index in [1.165, 1.54) is 5.56 Å². The third-order valence-electron chi connectivity index (χ3n) is 3.84. The summed E-state index contributed by atoms with van der Waals surface area (Å²) in [6.07, 6.45) is 0. The van der Waals surface area contributed by atoms with Crippen LogP contribution in [0.4, 0.5) is 0 Å². The smallest absolute Gasteiger partial charge is 0.296 e. The van der Waals surface area contributed by atoms with Crippen LogP contribution in [0.2, 0.25) is 0 Å². The van der Waals surface area contributed by atoms with Crippen LogP contribution in [0.5, 0.6) is 5.75 Å². The largest absolute Gasteiger partial charge is 0.497 e. The molecule has 0 aliphatic carbocycles. The first-order valence-electron chi connectivity index (χ1n) is 7.75. The Balaban J connectivity index is 1.60. The van der Waals surface area contributed by atoms with Crippen molar-refractivity contribution in [3.05, 3.63) is 60.2 Å². The monoisotopic (exact) mass is 333 g/mol. The van der Waals surface area contributed by atoms with Crippen molar-refractivity contribution in [3.63, 3.8) is 0 Å². The van der Waals surface area contributed by atoms with Gasteiger partial charge in [-0.05, 0) is 31.2 Å². The lowest BCUT2D eigenvalue weighted by Gasteiger charge is -1.99. The summed E-state index contributed by atoms with van der Waals surface area (Å²) in [4.78, 5) is 4.38. The fourth-order valence-corrected chi connectivity index (χ4v) is 2.42. The van der Waals surface area contributed by atoms with Gasteiger partial charge in [0.1, 0.15) is 11.4 Å². The number of hydrogen-bond donors (Lipinski definition) is 0. The average molecular weight is 333 g/mol. The Morgan fingerprint density at radius 1 is 0.840 bits per heavy atom. The molecule has 2 heterocycles. The second-order valence-electron chi connectivity index (χ2n) is 5.59. The molecule has 0 radical (unpaired) electrons. The second kappa shape index (κ2) is 6.24. The lowest BCUT2D eigenvalue weighted by molar-refractivity contribution is 0.386. The summed E-state index contributed by atoms with van der Waals surface area (Å²) in [7, 11) is 1.63. The molecule has 124 valence electrons. The number of ether oxygens (including phenoxy) is 1. The first kappa shape index (κ1) is 15.1.